The zero-order chi connectivity index (χ0) is 13.8. The van der Waals surface area contributed by atoms with Gasteiger partial charge in [-0.3, -0.25) is 0 Å². The highest BCUT2D eigenvalue weighted by molar-refractivity contribution is 6.36. The first-order valence-corrected chi connectivity index (χ1v) is 6.67. The van der Waals surface area contributed by atoms with E-state index in [2.05, 4.69) is 9.97 Å². The maximum Gasteiger partial charge on any atom is 0.134 e. The molecule has 1 aromatic heterocycles. The van der Waals surface area contributed by atoms with Crippen molar-refractivity contribution < 1.29 is 4.74 Å². The molecule has 2 aromatic rings. The quantitative estimate of drug-likeness (QED) is 0.794. The molecule has 0 saturated carbocycles. The van der Waals surface area contributed by atoms with Crippen LogP contribution in [-0.4, -0.2) is 17.1 Å². The molecule has 0 atom stereocenters. The highest BCUT2D eigenvalue weighted by Gasteiger charge is 2.10. The minimum Gasteiger partial charge on any atom is -0.378 e. The highest BCUT2D eigenvalue weighted by Crippen LogP contribution is 2.26. The van der Waals surface area contributed by atoms with Crippen LogP contribution in [0.5, 0.6) is 0 Å². The Hall–Kier alpha value is -0.870. The number of halogens is 3. The topological polar surface area (TPSA) is 35.0 Å². The van der Waals surface area contributed by atoms with Gasteiger partial charge in [0.2, 0.25) is 0 Å². The number of benzene rings is 1. The smallest absolute Gasteiger partial charge is 0.134 e. The standard InChI is InChI=1S/C13H11Cl3N2O/c1-19-7-8-5-12(16)18-13(17-8)6-9-10(14)3-2-4-11(9)15/h2-5H,6-7H2,1H3. The molecular weight excluding hydrogens is 307 g/mol. The molecule has 0 aliphatic carbocycles. The Bertz CT molecular complexity index is 570. The van der Waals surface area contributed by atoms with Gasteiger partial charge in [-0.2, -0.15) is 0 Å². The lowest BCUT2D eigenvalue weighted by atomic mass is 10.1. The van der Waals surface area contributed by atoms with Crippen molar-refractivity contribution in [3.8, 4) is 0 Å². The minimum atomic E-state index is 0.375. The number of hydrogen-bond acceptors (Lipinski definition) is 3. The van der Waals surface area contributed by atoms with Crippen molar-refractivity contribution in [2.75, 3.05) is 7.11 Å². The largest absolute Gasteiger partial charge is 0.378 e. The minimum absolute atomic E-state index is 0.375. The van der Waals surface area contributed by atoms with Gasteiger partial charge in [-0.1, -0.05) is 40.9 Å². The van der Waals surface area contributed by atoms with Crippen molar-refractivity contribution in [2.24, 2.45) is 0 Å². The third-order valence-electron chi connectivity index (χ3n) is 2.48. The lowest BCUT2D eigenvalue weighted by Gasteiger charge is -2.07. The monoisotopic (exact) mass is 316 g/mol. The normalized spacial score (nSPS) is 10.7. The second-order valence-corrected chi connectivity index (χ2v) is 5.11. The summed E-state index contributed by atoms with van der Waals surface area (Å²) in [7, 11) is 1.60. The van der Waals surface area contributed by atoms with Crippen LogP contribution in [-0.2, 0) is 17.8 Å². The number of nitrogens with zero attached hydrogens (tertiary/aromatic N) is 2. The van der Waals surface area contributed by atoms with Crippen LogP contribution in [0.3, 0.4) is 0 Å². The van der Waals surface area contributed by atoms with E-state index in [0.29, 0.717) is 34.1 Å². The molecule has 0 saturated heterocycles. The molecule has 3 nitrogen and oxygen atoms in total. The van der Waals surface area contributed by atoms with Crippen LogP contribution in [0.4, 0.5) is 0 Å². The summed E-state index contributed by atoms with van der Waals surface area (Å²) in [6, 6.07) is 7.03. The van der Waals surface area contributed by atoms with Gasteiger partial charge in [-0.05, 0) is 23.8 Å². The zero-order valence-electron chi connectivity index (χ0n) is 10.2. The fourth-order valence-corrected chi connectivity index (χ4v) is 2.43. The Morgan fingerprint density at radius 3 is 2.42 bits per heavy atom. The molecule has 0 fully saturated rings. The van der Waals surface area contributed by atoms with E-state index >= 15 is 0 Å². The summed E-state index contributed by atoms with van der Waals surface area (Å²) in [6.07, 6.45) is 0.426. The summed E-state index contributed by atoms with van der Waals surface area (Å²) in [5.74, 6) is 0.564. The predicted octanol–water partition coefficient (Wildman–Crippen LogP) is 4.17. The molecular formula is C13H11Cl3N2O. The van der Waals surface area contributed by atoms with Gasteiger partial charge in [0, 0.05) is 23.6 Å². The Kier molecular flexibility index (Phi) is 4.99. The van der Waals surface area contributed by atoms with Crippen molar-refractivity contribution in [1.29, 1.82) is 0 Å². The van der Waals surface area contributed by atoms with E-state index in [1.165, 1.54) is 0 Å². The number of aromatic nitrogens is 2. The maximum atomic E-state index is 6.12. The van der Waals surface area contributed by atoms with Crippen LogP contribution in [0.15, 0.2) is 24.3 Å². The number of hydrogen-bond donors (Lipinski definition) is 0. The second kappa shape index (κ2) is 6.53. The van der Waals surface area contributed by atoms with Gasteiger partial charge in [-0.15, -0.1) is 0 Å². The zero-order valence-corrected chi connectivity index (χ0v) is 12.4. The molecule has 100 valence electrons. The fourth-order valence-electron chi connectivity index (χ4n) is 1.68. The van der Waals surface area contributed by atoms with E-state index in [4.69, 9.17) is 39.5 Å². The molecule has 6 heteroatoms. The van der Waals surface area contributed by atoms with Gasteiger partial charge in [0.05, 0.1) is 12.3 Å². The molecule has 0 spiro atoms. The molecule has 1 aromatic carbocycles. The Balaban J connectivity index is 2.33. The van der Waals surface area contributed by atoms with E-state index in [1.54, 1.807) is 31.4 Å². The van der Waals surface area contributed by atoms with Crippen molar-refractivity contribution in [3.05, 3.63) is 56.5 Å². The van der Waals surface area contributed by atoms with Crippen molar-refractivity contribution in [1.82, 2.24) is 9.97 Å². The molecule has 0 radical (unpaired) electrons. The Morgan fingerprint density at radius 2 is 1.79 bits per heavy atom. The molecule has 1 heterocycles. The lowest BCUT2D eigenvalue weighted by molar-refractivity contribution is 0.181. The van der Waals surface area contributed by atoms with E-state index in [9.17, 15) is 0 Å². The third-order valence-corrected chi connectivity index (χ3v) is 3.38. The first kappa shape index (κ1) is 14.5. The van der Waals surface area contributed by atoms with Crippen LogP contribution in [0.1, 0.15) is 17.1 Å². The van der Waals surface area contributed by atoms with Gasteiger partial charge >= 0.3 is 0 Å². The van der Waals surface area contributed by atoms with Gasteiger partial charge in [0.25, 0.3) is 0 Å². The van der Waals surface area contributed by atoms with Gasteiger partial charge in [0.1, 0.15) is 11.0 Å². The molecule has 19 heavy (non-hydrogen) atoms. The average Bonchev–Trinajstić information content (AvgIpc) is 2.34. The average molecular weight is 318 g/mol. The molecule has 0 amide bonds. The molecule has 2 rings (SSSR count). The van der Waals surface area contributed by atoms with Crippen LogP contribution in [0.2, 0.25) is 15.2 Å². The summed E-state index contributed by atoms with van der Waals surface area (Å²) in [5.41, 5.74) is 1.51. The summed E-state index contributed by atoms with van der Waals surface area (Å²) in [6.45, 7) is 0.380. The van der Waals surface area contributed by atoms with E-state index in [1.807, 2.05) is 0 Å². The van der Waals surface area contributed by atoms with Gasteiger partial charge in [0.15, 0.2) is 0 Å². The fraction of sp³-hybridized carbons (Fsp3) is 0.231. The molecule has 0 N–H and O–H groups in total. The van der Waals surface area contributed by atoms with Crippen LogP contribution in [0, 0.1) is 0 Å². The van der Waals surface area contributed by atoms with Crippen molar-refractivity contribution in [3.63, 3.8) is 0 Å². The Morgan fingerprint density at radius 1 is 1.11 bits per heavy atom. The van der Waals surface area contributed by atoms with E-state index in [0.717, 1.165) is 11.3 Å². The summed E-state index contributed by atoms with van der Waals surface area (Å²) in [5, 5.41) is 1.55. The molecule has 0 bridgehead atoms. The van der Waals surface area contributed by atoms with Crippen LogP contribution < -0.4 is 0 Å². The molecule has 0 aliphatic heterocycles. The van der Waals surface area contributed by atoms with Gasteiger partial charge < -0.3 is 4.74 Å². The van der Waals surface area contributed by atoms with E-state index in [-0.39, 0.29) is 0 Å². The third kappa shape index (κ3) is 3.80. The summed E-state index contributed by atoms with van der Waals surface area (Å²) in [4.78, 5) is 8.54. The number of rotatable bonds is 4. The first-order valence-electron chi connectivity index (χ1n) is 5.54. The maximum absolute atomic E-state index is 6.12. The number of ether oxygens (including phenoxy) is 1. The lowest BCUT2D eigenvalue weighted by Crippen LogP contribution is -2.02. The molecule has 0 unspecified atom stereocenters. The van der Waals surface area contributed by atoms with E-state index < -0.39 is 0 Å². The molecule has 0 aliphatic rings. The first-order chi connectivity index (χ1) is 9.10. The second-order valence-electron chi connectivity index (χ2n) is 3.91. The van der Waals surface area contributed by atoms with Crippen LogP contribution in [0.25, 0.3) is 0 Å². The van der Waals surface area contributed by atoms with Gasteiger partial charge in [-0.25, -0.2) is 9.97 Å². The highest BCUT2D eigenvalue weighted by atomic mass is 35.5. The number of methoxy groups -OCH3 is 1. The summed E-state index contributed by atoms with van der Waals surface area (Å²) >= 11 is 18.2. The van der Waals surface area contributed by atoms with Crippen molar-refractivity contribution >= 4 is 34.8 Å². The summed E-state index contributed by atoms with van der Waals surface area (Å²) < 4.78 is 5.03. The Labute approximate surface area is 126 Å². The predicted molar refractivity (Wildman–Crippen MR) is 77.0 cm³/mol. The van der Waals surface area contributed by atoms with Crippen molar-refractivity contribution in [2.45, 2.75) is 13.0 Å². The SMILES string of the molecule is COCc1cc(Cl)nc(Cc2c(Cl)cccc2Cl)n1. The van der Waals surface area contributed by atoms with Crippen LogP contribution >= 0.6 is 34.8 Å².